The van der Waals surface area contributed by atoms with Gasteiger partial charge in [-0.15, -0.1) is 11.3 Å². The molecule has 0 amide bonds. The maximum atomic E-state index is 12.8. The Morgan fingerprint density at radius 1 is 1.50 bits per heavy atom. The summed E-state index contributed by atoms with van der Waals surface area (Å²) in [5, 5.41) is 0.0681. The molecule has 9 heteroatoms. The zero-order chi connectivity index (χ0) is 14.0. The topological polar surface area (TPSA) is 43.4 Å². The Morgan fingerprint density at radius 2 is 2.11 bits per heavy atom. The Bertz CT molecular complexity index is 546. The first-order valence-corrected chi connectivity index (χ1v) is 7.26. The van der Waals surface area contributed by atoms with Crippen molar-refractivity contribution in [3.63, 3.8) is 0 Å². The third kappa shape index (κ3) is 4.27. The van der Waals surface area contributed by atoms with E-state index in [4.69, 9.17) is 11.6 Å². The molecule has 0 aliphatic carbocycles. The van der Waals surface area contributed by atoms with Crippen LogP contribution in [0.15, 0.2) is 17.5 Å². The second-order valence-electron chi connectivity index (χ2n) is 3.03. The summed E-state index contributed by atoms with van der Waals surface area (Å²) < 4.78 is 65.1. The number of allylic oxidation sites excluding steroid dienone is 1. The molecule has 0 radical (unpaired) electrons. The predicted octanol–water partition coefficient (Wildman–Crippen LogP) is 3.67. The number of alkyl halides is 3. The first-order chi connectivity index (χ1) is 8.15. The van der Waals surface area contributed by atoms with Crippen molar-refractivity contribution >= 4 is 38.6 Å². The average molecular weight is 321 g/mol. The lowest BCUT2D eigenvalue weighted by Crippen LogP contribution is -2.13. The third-order valence-corrected chi connectivity index (χ3v) is 4.04. The maximum absolute atomic E-state index is 12.8. The minimum absolute atomic E-state index is 0.0681. The van der Waals surface area contributed by atoms with Gasteiger partial charge in [0, 0.05) is 4.88 Å². The Morgan fingerprint density at radius 3 is 2.50 bits per heavy atom. The zero-order valence-corrected chi connectivity index (χ0v) is 11.4. The molecule has 0 unspecified atom stereocenters. The lowest BCUT2D eigenvalue weighted by molar-refractivity contribution is -0.0686. The molecule has 0 N–H and O–H groups in total. The molecule has 0 spiro atoms. The van der Waals surface area contributed by atoms with Crippen LogP contribution in [0.1, 0.15) is 11.8 Å². The van der Waals surface area contributed by atoms with E-state index in [1.165, 1.54) is 13.0 Å². The molecule has 102 valence electrons. The van der Waals surface area contributed by atoms with Crippen LogP contribution in [-0.4, -0.2) is 21.2 Å². The first-order valence-electron chi connectivity index (χ1n) is 4.60. The van der Waals surface area contributed by atoms with Gasteiger partial charge in [-0.1, -0.05) is 11.6 Å². The van der Waals surface area contributed by atoms with Gasteiger partial charge < -0.3 is 0 Å². The molecular formula is C9H8ClF3O3S2. The van der Waals surface area contributed by atoms with Crippen LogP contribution in [0.25, 0.3) is 5.57 Å². The van der Waals surface area contributed by atoms with Crippen LogP contribution >= 0.6 is 22.9 Å². The quantitative estimate of drug-likeness (QED) is 0.795. The summed E-state index contributed by atoms with van der Waals surface area (Å²) in [6.07, 6.45) is -4.81. The third-order valence-electron chi connectivity index (χ3n) is 1.69. The van der Waals surface area contributed by atoms with Crippen molar-refractivity contribution < 1.29 is 25.8 Å². The summed E-state index contributed by atoms with van der Waals surface area (Å²) in [6.45, 7) is 1.12. The van der Waals surface area contributed by atoms with Crippen molar-refractivity contribution in [2.45, 2.75) is 13.1 Å². The van der Waals surface area contributed by atoms with Gasteiger partial charge in [-0.25, -0.2) is 0 Å². The Balaban J connectivity index is 3.28. The first kappa shape index (κ1) is 15.5. The second-order valence-corrected chi connectivity index (χ2v) is 6.20. The lowest BCUT2D eigenvalue weighted by Gasteiger charge is -2.09. The smallest absolute Gasteiger partial charge is 0.267 e. The van der Waals surface area contributed by atoms with Crippen molar-refractivity contribution in [1.29, 1.82) is 0 Å². The molecule has 0 atom stereocenters. The Labute approximate surface area is 111 Å². The van der Waals surface area contributed by atoms with Crippen LogP contribution in [0.5, 0.6) is 0 Å². The molecule has 1 rings (SSSR count). The van der Waals surface area contributed by atoms with Crippen LogP contribution in [0, 0.1) is 0 Å². The van der Waals surface area contributed by atoms with Crippen LogP contribution in [0.2, 0.25) is 4.34 Å². The van der Waals surface area contributed by atoms with Crippen molar-refractivity contribution in [2.24, 2.45) is 0 Å². The van der Waals surface area contributed by atoms with E-state index in [0.29, 0.717) is 11.3 Å². The molecule has 1 aromatic rings. The molecule has 0 aromatic carbocycles. The number of hydrogen-bond donors (Lipinski definition) is 0. The van der Waals surface area contributed by atoms with Crippen LogP contribution < -0.4 is 0 Å². The number of halogens is 4. The SMILES string of the molecule is CCOS(=O)(=O)C=C(c1ccc(Cl)s1)C(F)(F)F. The van der Waals surface area contributed by atoms with Gasteiger partial charge in [0.25, 0.3) is 10.1 Å². The molecule has 0 fully saturated rings. The van der Waals surface area contributed by atoms with Crippen molar-refractivity contribution in [1.82, 2.24) is 0 Å². The highest BCUT2D eigenvalue weighted by Gasteiger charge is 2.37. The van der Waals surface area contributed by atoms with Crippen molar-refractivity contribution in [3.05, 3.63) is 26.8 Å². The summed E-state index contributed by atoms with van der Waals surface area (Å²) in [5.41, 5.74) is -1.30. The van der Waals surface area contributed by atoms with E-state index in [9.17, 15) is 21.6 Å². The number of thiophene rings is 1. The molecule has 0 saturated heterocycles. The molecule has 1 heterocycles. The highest BCUT2D eigenvalue weighted by atomic mass is 35.5. The largest absolute Gasteiger partial charge is 0.418 e. The van der Waals surface area contributed by atoms with Crippen LogP contribution in [0.4, 0.5) is 13.2 Å². The van der Waals surface area contributed by atoms with E-state index < -0.39 is 21.9 Å². The van der Waals surface area contributed by atoms with Gasteiger partial charge in [-0.2, -0.15) is 21.6 Å². The molecule has 1 aromatic heterocycles. The van der Waals surface area contributed by atoms with Crippen molar-refractivity contribution in [2.75, 3.05) is 6.61 Å². The minimum Gasteiger partial charge on any atom is -0.267 e. The summed E-state index contributed by atoms with van der Waals surface area (Å²) in [6, 6.07) is 2.36. The fourth-order valence-electron chi connectivity index (χ4n) is 1.07. The van der Waals surface area contributed by atoms with Gasteiger partial charge in [0.2, 0.25) is 0 Å². The van der Waals surface area contributed by atoms with Gasteiger partial charge in [0.15, 0.2) is 0 Å². The number of hydrogen-bond acceptors (Lipinski definition) is 4. The zero-order valence-electron chi connectivity index (χ0n) is 8.99. The molecule has 18 heavy (non-hydrogen) atoms. The molecule has 3 nitrogen and oxygen atoms in total. The summed E-state index contributed by atoms with van der Waals surface area (Å²) in [5.74, 6) is 0. The maximum Gasteiger partial charge on any atom is 0.418 e. The number of rotatable bonds is 4. The fraction of sp³-hybridized carbons (Fsp3) is 0.333. The predicted molar refractivity (Wildman–Crippen MR) is 63.9 cm³/mol. The summed E-state index contributed by atoms with van der Waals surface area (Å²) >= 11 is 6.17. The monoisotopic (exact) mass is 320 g/mol. The van der Waals surface area contributed by atoms with E-state index in [2.05, 4.69) is 4.18 Å². The van der Waals surface area contributed by atoms with Gasteiger partial charge in [-0.3, -0.25) is 4.18 Å². The Hall–Kier alpha value is -0.570. The Kier molecular flexibility index (Phi) is 4.82. The summed E-state index contributed by atoms with van der Waals surface area (Å²) in [7, 11) is -4.37. The highest BCUT2D eigenvalue weighted by molar-refractivity contribution is 7.89. The summed E-state index contributed by atoms with van der Waals surface area (Å²) in [4.78, 5) is -0.282. The lowest BCUT2D eigenvalue weighted by atomic mass is 10.2. The second kappa shape index (κ2) is 5.60. The molecular weight excluding hydrogens is 313 g/mol. The fourth-order valence-corrected chi connectivity index (χ4v) is 3.17. The molecule has 0 bridgehead atoms. The van der Waals surface area contributed by atoms with E-state index in [0.717, 1.165) is 6.07 Å². The molecule has 0 saturated carbocycles. The standard InChI is InChI=1S/C9H8ClF3O3S2/c1-2-16-18(14,15)5-6(9(11,12)13)7-3-4-8(10)17-7/h3-5H,2H2,1H3. The van der Waals surface area contributed by atoms with E-state index >= 15 is 0 Å². The highest BCUT2D eigenvalue weighted by Crippen LogP contribution is 2.39. The van der Waals surface area contributed by atoms with Gasteiger partial charge in [0.05, 0.1) is 21.9 Å². The molecule has 0 aliphatic rings. The van der Waals surface area contributed by atoms with E-state index in [-0.39, 0.29) is 21.2 Å². The minimum atomic E-state index is -4.81. The normalized spacial score (nSPS) is 13.9. The van der Waals surface area contributed by atoms with Gasteiger partial charge in [-0.05, 0) is 19.1 Å². The average Bonchev–Trinajstić information content (AvgIpc) is 2.59. The molecule has 0 aliphatic heterocycles. The van der Waals surface area contributed by atoms with Crippen LogP contribution in [-0.2, 0) is 14.3 Å². The van der Waals surface area contributed by atoms with Gasteiger partial charge in [0.1, 0.15) is 0 Å². The van der Waals surface area contributed by atoms with Gasteiger partial charge >= 0.3 is 6.18 Å². The van der Waals surface area contributed by atoms with Crippen LogP contribution in [0.3, 0.4) is 0 Å². The van der Waals surface area contributed by atoms with E-state index in [1.54, 1.807) is 0 Å². The van der Waals surface area contributed by atoms with E-state index in [1.807, 2.05) is 0 Å². The van der Waals surface area contributed by atoms with Crippen molar-refractivity contribution in [3.8, 4) is 0 Å².